The lowest BCUT2D eigenvalue weighted by Crippen LogP contribution is -2.37. The van der Waals surface area contributed by atoms with E-state index < -0.39 is 0 Å². The zero-order valence-corrected chi connectivity index (χ0v) is 19.6. The van der Waals surface area contributed by atoms with Crippen molar-refractivity contribution >= 4 is 23.1 Å². The van der Waals surface area contributed by atoms with Gasteiger partial charge in [0, 0.05) is 13.1 Å². The van der Waals surface area contributed by atoms with Crippen LogP contribution in [0.3, 0.4) is 0 Å². The molecule has 4 nitrogen and oxygen atoms in total. The molecule has 0 fully saturated rings. The van der Waals surface area contributed by atoms with E-state index >= 15 is 0 Å². The van der Waals surface area contributed by atoms with E-state index in [0.29, 0.717) is 30.0 Å². The van der Waals surface area contributed by atoms with Crippen LogP contribution in [0.5, 0.6) is 0 Å². The Labute approximate surface area is 195 Å². The van der Waals surface area contributed by atoms with E-state index in [9.17, 15) is 9.59 Å². The van der Waals surface area contributed by atoms with Crippen molar-refractivity contribution in [3.8, 4) is 0 Å². The van der Waals surface area contributed by atoms with Crippen LogP contribution >= 0.6 is 0 Å². The third-order valence-corrected chi connectivity index (χ3v) is 6.77. The van der Waals surface area contributed by atoms with E-state index in [1.54, 1.807) is 0 Å². The summed E-state index contributed by atoms with van der Waals surface area (Å²) < 4.78 is 0. The Bertz CT molecular complexity index is 1310. The summed E-state index contributed by atoms with van der Waals surface area (Å²) in [5.41, 5.74) is 9.29. The van der Waals surface area contributed by atoms with Crippen molar-refractivity contribution in [3.63, 3.8) is 0 Å². The topological polar surface area (TPSA) is 40.6 Å². The molecule has 0 unspecified atom stereocenters. The van der Waals surface area contributed by atoms with Gasteiger partial charge in [-0.15, -0.1) is 0 Å². The third kappa shape index (κ3) is 3.66. The first-order valence-corrected chi connectivity index (χ1v) is 11.4. The van der Waals surface area contributed by atoms with Gasteiger partial charge < -0.3 is 4.90 Å². The van der Waals surface area contributed by atoms with Crippen LogP contribution in [0, 0.1) is 27.7 Å². The molecule has 0 spiro atoms. The Morgan fingerprint density at radius 2 is 1.42 bits per heavy atom. The molecule has 4 heteroatoms. The zero-order chi connectivity index (χ0) is 23.3. The third-order valence-electron chi connectivity index (χ3n) is 6.77. The van der Waals surface area contributed by atoms with Crippen LogP contribution in [0.25, 0.3) is 5.57 Å². The average Bonchev–Trinajstić information content (AvgIpc) is 3.04. The van der Waals surface area contributed by atoms with Gasteiger partial charge in [0.15, 0.2) is 0 Å². The minimum absolute atomic E-state index is 0.238. The van der Waals surface area contributed by atoms with Gasteiger partial charge >= 0.3 is 0 Å². The molecule has 2 aliphatic rings. The van der Waals surface area contributed by atoms with E-state index in [-0.39, 0.29) is 11.8 Å². The summed E-state index contributed by atoms with van der Waals surface area (Å²) in [6, 6.07) is 20.2. The maximum absolute atomic E-state index is 13.9. The Hall–Kier alpha value is -3.66. The summed E-state index contributed by atoms with van der Waals surface area (Å²) in [4.78, 5) is 31.2. The van der Waals surface area contributed by atoms with E-state index in [1.165, 1.54) is 16.0 Å². The summed E-state index contributed by atoms with van der Waals surface area (Å²) in [6.45, 7) is 9.40. The van der Waals surface area contributed by atoms with Crippen LogP contribution in [0.1, 0.15) is 38.9 Å². The van der Waals surface area contributed by atoms with E-state index in [0.717, 1.165) is 34.2 Å². The molecule has 0 saturated heterocycles. The lowest BCUT2D eigenvalue weighted by molar-refractivity contribution is -0.120. The van der Waals surface area contributed by atoms with Gasteiger partial charge in [0.25, 0.3) is 11.8 Å². The molecule has 33 heavy (non-hydrogen) atoms. The Morgan fingerprint density at radius 1 is 0.727 bits per heavy atom. The summed E-state index contributed by atoms with van der Waals surface area (Å²) in [5.74, 6) is -0.486. The van der Waals surface area contributed by atoms with Crippen molar-refractivity contribution in [2.75, 3.05) is 11.4 Å². The van der Waals surface area contributed by atoms with E-state index in [4.69, 9.17) is 0 Å². The fraction of sp³-hybridized carbons (Fsp3) is 0.241. The summed E-state index contributed by atoms with van der Waals surface area (Å²) in [7, 11) is 0. The lowest BCUT2D eigenvalue weighted by atomic mass is 9.96. The second kappa shape index (κ2) is 8.04. The first-order valence-electron chi connectivity index (χ1n) is 11.4. The first kappa shape index (κ1) is 21.2. The van der Waals surface area contributed by atoms with Crippen molar-refractivity contribution in [2.24, 2.45) is 0 Å². The number of anilines is 1. The number of fused-ring (bicyclic) bond motifs is 1. The molecule has 0 N–H and O–H groups in total. The van der Waals surface area contributed by atoms with Gasteiger partial charge in [-0.2, -0.15) is 0 Å². The average molecular weight is 437 g/mol. The number of aryl methyl sites for hydroxylation is 4. The quantitative estimate of drug-likeness (QED) is 0.526. The molecule has 2 heterocycles. The van der Waals surface area contributed by atoms with Crippen molar-refractivity contribution < 1.29 is 9.59 Å². The predicted octanol–water partition coefficient (Wildman–Crippen LogP) is 5.26. The van der Waals surface area contributed by atoms with Crippen molar-refractivity contribution in [2.45, 2.75) is 40.7 Å². The number of rotatable bonds is 3. The Morgan fingerprint density at radius 3 is 2.12 bits per heavy atom. The molecule has 5 rings (SSSR count). The van der Waals surface area contributed by atoms with Gasteiger partial charge in [-0.05, 0) is 85.2 Å². The normalized spacial score (nSPS) is 16.0. The number of benzene rings is 3. The fourth-order valence-corrected chi connectivity index (χ4v) is 4.97. The maximum Gasteiger partial charge on any atom is 0.282 e. The predicted molar refractivity (Wildman–Crippen MR) is 132 cm³/mol. The van der Waals surface area contributed by atoms with Crippen molar-refractivity contribution in [1.82, 2.24) is 4.90 Å². The van der Waals surface area contributed by atoms with Gasteiger partial charge in [0.05, 0.1) is 11.3 Å². The number of carbonyl (C=O) groups is 2. The van der Waals surface area contributed by atoms with Gasteiger partial charge in [-0.25, -0.2) is 4.90 Å². The second-order valence-electron chi connectivity index (χ2n) is 9.25. The molecule has 0 bridgehead atoms. The number of imide groups is 1. The van der Waals surface area contributed by atoms with Gasteiger partial charge in [0.2, 0.25) is 0 Å². The van der Waals surface area contributed by atoms with Crippen LogP contribution in [0.4, 0.5) is 5.69 Å². The standard InChI is InChI=1S/C29H28N2O2/c1-18-13-19(2)15-25(14-18)31-28(32)26(23-10-9-20(3)21(4)16-23)27(29(31)33)30-12-11-22-7-5-6-8-24(22)17-30/h5-10,13-16H,11-12,17H2,1-4H3. The smallest absolute Gasteiger partial charge is 0.282 e. The van der Waals surface area contributed by atoms with Gasteiger partial charge in [-0.3, -0.25) is 9.59 Å². The highest BCUT2D eigenvalue weighted by molar-refractivity contribution is 6.45. The number of hydrogen-bond acceptors (Lipinski definition) is 3. The van der Waals surface area contributed by atoms with Crippen LogP contribution < -0.4 is 4.90 Å². The molecule has 0 atom stereocenters. The fourth-order valence-electron chi connectivity index (χ4n) is 4.97. The molecule has 166 valence electrons. The van der Waals surface area contributed by atoms with Crippen LogP contribution in [-0.2, 0) is 22.6 Å². The highest BCUT2D eigenvalue weighted by Crippen LogP contribution is 2.37. The van der Waals surface area contributed by atoms with Crippen molar-refractivity contribution in [1.29, 1.82) is 0 Å². The van der Waals surface area contributed by atoms with Crippen molar-refractivity contribution in [3.05, 3.63) is 105 Å². The van der Waals surface area contributed by atoms with Crippen LogP contribution in [0.15, 0.2) is 66.4 Å². The number of carbonyl (C=O) groups excluding carboxylic acids is 2. The van der Waals surface area contributed by atoms with Crippen LogP contribution in [0.2, 0.25) is 0 Å². The lowest BCUT2D eigenvalue weighted by Gasteiger charge is -2.31. The Balaban J connectivity index is 1.65. The molecule has 0 radical (unpaired) electrons. The van der Waals surface area contributed by atoms with Gasteiger partial charge in [-0.1, -0.05) is 48.5 Å². The SMILES string of the molecule is Cc1cc(C)cc(N2C(=O)C(c3ccc(C)c(C)c3)=C(N3CCc4ccccc4C3)C2=O)c1. The maximum atomic E-state index is 13.9. The molecular weight excluding hydrogens is 408 g/mol. The molecule has 2 amide bonds. The monoisotopic (exact) mass is 436 g/mol. The molecule has 3 aromatic carbocycles. The molecule has 0 aromatic heterocycles. The molecular formula is C29H28N2O2. The summed E-state index contributed by atoms with van der Waals surface area (Å²) >= 11 is 0. The molecule has 3 aromatic rings. The van der Waals surface area contributed by atoms with Gasteiger partial charge in [0.1, 0.15) is 5.70 Å². The van der Waals surface area contributed by atoms with E-state index in [1.807, 2.05) is 57.2 Å². The number of nitrogens with zero attached hydrogens (tertiary/aromatic N) is 2. The van der Waals surface area contributed by atoms with Crippen LogP contribution in [-0.4, -0.2) is 23.3 Å². The summed E-state index contributed by atoms with van der Waals surface area (Å²) in [5, 5.41) is 0. The minimum Gasteiger partial charge on any atom is -0.362 e. The highest BCUT2D eigenvalue weighted by atomic mass is 16.2. The summed E-state index contributed by atoms with van der Waals surface area (Å²) in [6.07, 6.45) is 0.852. The Kier molecular flexibility index (Phi) is 5.16. The largest absolute Gasteiger partial charge is 0.362 e. The van der Waals surface area contributed by atoms with E-state index in [2.05, 4.69) is 36.1 Å². The second-order valence-corrected chi connectivity index (χ2v) is 9.25. The molecule has 0 saturated carbocycles. The zero-order valence-electron chi connectivity index (χ0n) is 19.6. The first-order chi connectivity index (χ1) is 15.8. The highest BCUT2D eigenvalue weighted by Gasteiger charge is 2.43. The number of amides is 2. The minimum atomic E-state index is -0.248. The number of hydrogen-bond donors (Lipinski definition) is 0. The molecule has 2 aliphatic heterocycles. The molecule has 0 aliphatic carbocycles.